The Hall–Kier alpha value is -2.26. The Labute approximate surface area is 188 Å². The van der Waals surface area contributed by atoms with Crippen LogP contribution in [0, 0.1) is 0 Å². The number of furan rings is 2. The fraction of sp³-hybridized carbons (Fsp3) is 0.318. The quantitative estimate of drug-likeness (QED) is 0.241. The first-order valence-electron chi connectivity index (χ1n) is 9.43. The Kier molecular flexibility index (Phi) is 8.78. The van der Waals surface area contributed by atoms with E-state index in [9.17, 15) is 5.11 Å². The summed E-state index contributed by atoms with van der Waals surface area (Å²) >= 11 is 0. The second-order valence-electron chi connectivity index (χ2n) is 6.95. The fourth-order valence-electron chi connectivity index (χ4n) is 2.84. The van der Waals surface area contributed by atoms with Crippen molar-refractivity contribution >= 4 is 29.9 Å². The average molecular weight is 509 g/mol. The number of hydrogen-bond donors (Lipinski definition) is 3. The number of aliphatic hydroxyl groups is 1. The summed E-state index contributed by atoms with van der Waals surface area (Å²) in [5.74, 6) is 2.02. The molecule has 1 aromatic carbocycles. The third-order valence-electron chi connectivity index (χ3n) is 4.49. The first kappa shape index (κ1) is 23.0. The summed E-state index contributed by atoms with van der Waals surface area (Å²) in [6, 6.07) is 17.5. The van der Waals surface area contributed by atoms with Crippen LogP contribution in [0.1, 0.15) is 37.0 Å². The maximum Gasteiger partial charge on any atom is 0.191 e. The Balaban J connectivity index is 0.00000300. The van der Waals surface area contributed by atoms with Crippen LogP contribution in [0.25, 0.3) is 0 Å². The summed E-state index contributed by atoms with van der Waals surface area (Å²) in [4.78, 5) is 4.59. The molecule has 6 nitrogen and oxygen atoms in total. The van der Waals surface area contributed by atoms with Gasteiger partial charge >= 0.3 is 0 Å². The van der Waals surface area contributed by atoms with Crippen molar-refractivity contribution in [2.45, 2.75) is 31.9 Å². The minimum atomic E-state index is -1.19. The van der Waals surface area contributed by atoms with Gasteiger partial charge in [-0.2, -0.15) is 0 Å². The number of benzene rings is 1. The molecule has 2 unspecified atom stereocenters. The SMILES string of the molecule is CC(NC(=NCC(C)(O)c1ccco1)NCCc1ccco1)c1ccccc1.I. The van der Waals surface area contributed by atoms with E-state index in [-0.39, 0.29) is 36.6 Å². The number of nitrogens with one attached hydrogen (secondary N) is 2. The van der Waals surface area contributed by atoms with Gasteiger partial charge in [-0.15, -0.1) is 24.0 Å². The van der Waals surface area contributed by atoms with Crippen molar-refractivity contribution in [2.75, 3.05) is 13.1 Å². The zero-order valence-electron chi connectivity index (χ0n) is 16.7. The largest absolute Gasteiger partial charge is 0.469 e. The second kappa shape index (κ2) is 11.1. The summed E-state index contributed by atoms with van der Waals surface area (Å²) in [7, 11) is 0. The van der Waals surface area contributed by atoms with E-state index in [1.807, 2.05) is 30.3 Å². The van der Waals surface area contributed by atoms with Gasteiger partial charge in [0.25, 0.3) is 0 Å². The molecule has 2 heterocycles. The molecule has 0 spiro atoms. The smallest absolute Gasteiger partial charge is 0.191 e. The van der Waals surface area contributed by atoms with Gasteiger partial charge in [-0.05, 0) is 43.7 Å². The highest BCUT2D eigenvalue weighted by Gasteiger charge is 2.26. The highest BCUT2D eigenvalue weighted by molar-refractivity contribution is 14.0. The molecule has 7 heteroatoms. The van der Waals surface area contributed by atoms with Gasteiger partial charge in [0.1, 0.15) is 17.1 Å². The van der Waals surface area contributed by atoms with E-state index in [0.29, 0.717) is 18.3 Å². The summed E-state index contributed by atoms with van der Waals surface area (Å²) in [6.45, 7) is 4.59. The lowest BCUT2D eigenvalue weighted by Crippen LogP contribution is -2.41. The molecule has 29 heavy (non-hydrogen) atoms. The lowest BCUT2D eigenvalue weighted by molar-refractivity contribution is 0.0436. The summed E-state index contributed by atoms with van der Waals surface area (Å²) in [5, 5.41) is 17.4. The Morgan fingerprint density at radius 1 is 1.07 bits per heavy atom. The third kappa shape index (κ3) is 6.93. The number of hydrogen-bond acceptors (Lipinski definition) is 4. The van der Waals surface area contributed by atoms with E-state index in [0.717, 1.165) is 17.7 Å². The lowest BCUT2D eigenvalue weighted by atomic mass is 10.0. The number of halogens is 1. The number of rotatable bonds is 8. The van der Waals surface area contributed by atoms with E-state index >= 15 is 0 Å². The normalized spacial score (nSPS) is 14.5. The van der Waals surface area contributed by atoms with Gasteiger partial charge < -0.3 is 24.6 Å². The van der Waals surface area contributed by atoms with Crippen molar-refractivity contribution in [3.63, 3.8) is 0 Å². The van der Waals surface area contributed by atoms with Crippen LogP contribution in [0.4, 0.5) is 0 Å². The predicted octanol–water partition coefficient (Wildman–Crippen LogP) is 4.24. The van der Waals surface area contributed by atoms with Gasteiger partial charge in [0.2, 0.25) is 0 Å². The van der Waals surface area contributed by atoms with Crippen molar-refractivity contribution < 1.29 is 13.9 Å². The van der Waals surface area contributed by atoms with Gasteiger partial charge in [0.05, 0.1) is 25.1 Å². The molecular formula is C22H28IN3O3. The van der Waals surface area contributed by atoms with Crippen LogP contribution < -0.4 is 10.6 Å². The third-order valence-corrected chi connectivity index (χ3v) is 4.49. The zero-order chi connectivity index (χ0) is 19.8. The van der Waals surface area contributed by atoms with Crippen molar-refractivity contribution in [3.05, 3.63) is 84.2 Å². The van der Waals surface area contributed by atoms with Crippen LogP contribution in [0.15, 0.2) is 81.0 Å². The monoisotopic (exact) mass is 509 g/mol. The van der Waals surface area contributed by atoms with Crippen molar-refractivity contribution in [1.29, 1.82) is 0 Å². The molecule has 156 valence electrons. The molecule has 2 aromatic heterocycles. The minimum Gasteiger partial charge on any atom is -0.469 e. The molecule has 0 saturated heterocycles. The van der Waals surface area contributed by atoms with E-state index in [4.69, 9.17) is 8.83 Å². The van der Waals surface area contributed by atoms with E-state index in [1.54, 1.807) is 31.6 Å². The molecule has 2 atom stereocenters. The van der Waals surface area contributed by atoms with Crippen molar-refractivity contribution in [2.24, 2.45) is 4.99 Å². The molecule has 0 aliphatic carbocycles. The molecular weight excluding hydrogens is 481 g/mol. The Bertz CT molecular complexity index is 847. The van der Waals surface area contributed by atoms with Crippen LogP contribution in [0.3, 0.4) is 0 Å². The zero-order valence-corrected chi connectivity index (χ0v) is 19.0. The van der Waals surface area contributed by atoms with Crippen LogP contribution in [-0.2, 0) is 12.0 Å². The summed E-state index contributed by atoms with van der Waals surface area (Å²) in [6.07, 6.45) is 3.95. The van der Waals surface area contributed by atoms with Crippen molar-refractivity contribution in [1.82, 2.24) is 10.6 Å². The molecule has 3 rings (SSSR count). The first-order valence-corrected chi connectivity index (χ1v) is 9.43. The molecule has 0 saturated carbocycles. The average Bonchev–Trinajstić information content (AvgIpc) is 3.41. The topological polar surface area (TPSA) is 82.9 Å². The Morgan fingerprint density at radius 3 is 2.45 bits per heavy atom. The second-order valence-corrected chi connectivity index (χ2v) is 6.95. The van der Waals surface area contributed by atoms with Crippen molar-refractivity contribution in [3.8, 4) is 0 Å². The minimum absolute atomic E-state index is 0. The maximum atomic E-state index is 10.7. The molecule has 0 radical (unpaired) electrons. The Morgan fingerprint density at radius 2 is 1.79 bits per heavy atom. The van der Waals surface area contributed by atoms with Crippen LogP contribution in [-0.4, -0.2) is 24.2 Å². The van der Waals surface area contributed by atoms with Crippen LogP contribution >= 0.6 is 24.0 Å². The van der Waals surface area contributed by atoms with Crippen LogP contribution in [0.5, 0.6) is 0 Å². The van der Waals surface area contributed by atoms with E-state index in [2.05, 4.69) is 34.7 Å². The highest BCUT2D eigenvalue weighted by Crippen LogP contribution is 2.21. The molecule has 0 fully saturated rings. The van der Waals surface area contributed by atoms with E-state index in [1.165, 1.54) is 0 Å². The first-order chi connectivity index (χ1) is 13.5. The van der Waals surface area contributed by atoms with E-state index < -0.39 is 5.60 Å². The highest BCUT2D eigenvalue weighted by atomic mass is 127. The maximum absolute atomic E-state index is 10.7. The van der Waals surface area contributed by atoms with Gasteiger partial charge in [0, 0.05) is 13.0 Å². The summed E-state index contributed by atoms with van der Waals surface area (Å²) < 4.78 is 10.7. The number of nitrogens with zero attached hydrogens (tertiary/aromatic N) is 1. The summed E-state index contributed by atoms with van der Waals surface area (Å²) in [5.41, 5.74) is -0.0319. The molecule has 0 aliphatic heterocycles. The van der Waals surface area contributed by atoms with Gasteiger partial charge in [-0.1, -0.05) is 30.3 Å². The lowest BCUT2D eigenvalue weighted by Gasteiger charge is -2.22. The molecule has 0 bridgehead atoms. The molecule has 3 aromatic rings. The molecule has 0 amide bonds. The number of guanidine groups is 1. The molecule has 0 aliphatic rings. The van der Waals surface area contributed by atoms with Gasteiger partial charge in [0.15, 0.2) is 5.96 Å². The van der Waals surface area contributed by atoms with Gasteiger partial charge in [-0.25, -0.2) is 4.99 Å². The standard InChI is InChI=1S/C22H27N3O3.HI/c1-17(18-8-4-3-5-9-18)25-21(23-13-12-19-10-6-14-27-19)24-16-22(2,26)20-11-7-15-28-20;/h3-11,14-15,17,26H,12-13,16H2,1-2H3,(H2,23,24,25);1H. The van der Waals surface area contributed by atoms with Gasteiger partial charge in [-0.3, -0.25) is 0 Å². The number of aliphatic imine (C=N–C) groups is 1. The van der Waals surface area contributed by atoms with Crippen LogP contribution in [0.2, 0.25) is 0 Å². The molecule has 3 N–H and O–H groups in total. The predicted molar refractivity (Wildman–Crippen MR) is 124 cm³/mol. The fourth-order valence-corrected chi connectivity index (χ4v) is 2.84.